The van der Waals surface area contributed by atoms with Crippen molar-refractivity contribution in [3.8, 4) is 0 Å². The highest BCUT2D eigenvalue weighted by Crippen LogP contribution is 1.83. The highest BCUT2D eigenvalue weighted by Gasteiger charge is 1.90. The molecule has 0 aliphatic rings. The molecule has 0 saturated carbocycles. The molecule has 4 heteroatoms. The average Bonchev–Trinajstić information content (AvgIpc) is 2.34. The van der Waals surface area contributed by atoms with Crippen molar-refractivity contribution in [1.29, 1.82) is 0 Å². The molecule has 54 valence electrons. The standard InChI is InChI=1S/C6H9N3O/c7-6(10)5-8-9-3-1-2-4-9/h1-4,8H,5H2,(H2,7,10). The lowest BCUT2D eigenvalue weighted by Crippen LogP contribution is -2.26. The predicted octanol–water partition coefficient (Wildman–Crippen LogP) is -0.483. The summed E-state index contributed by atoms with van der Waals surface area (Å²) in [6.45, 7) is 0.161. The fourth-order valence-electron chi connectivity index (χ4n) is 0.609. The summed E-state index contributed by atoms with van der Waals surface area (Å²) in [5.74, 6) is -0.367. The summed E-state index contributed by atoms with van der Waals surface area (Å²) in [7, 11) is 0. The highest BCUT2D eigenvalue weighted by molar-refractivity contribution is 5.77. The minimum atomic E-state index is -0.367. The first-order valence-electron chi connectivity index (χ1n) is 2.94. The van der Waals surface area contributed by atoms with Crippen LogP contribution in [0.2, 0.25) is 0 Å². The second-order valence-corrected chi connectivity index (χ2v) is 1.89. The lowest BCUT2D eigenvalue weighted by Gasteiger charge is -2.02. The van der Waals surface area contributed by atoms with E-state index in [2.05, 4.69) is 5.43 Å². The number of primary amides is 1. The van der Waals surface area contributed by atoms with E-state index in [1.807, 2.05) is 12.1 Å². The number of nitrogens with one attached hydrogen (secondary N) is 1. The molecule has 1 rings (SSSR count). The molecule has 0 aromatic carbocycles. The SMILES string of the molecule is NC(=O)CNn1cccc1. The summed E-state index contributed by atoms with van der Waals surface area (Å²) < 4.78 is 1.67. The van der Waals surface area contributed by atoms with Crippen LogP contribution in [0.4, 0.5) is 0 Å². The molecule has 1 aromatic heterocycles. The smallest absolute Gasteiger partial charge is 0.238 e. The van der Waals surface area contributed by atoms with Gasteiger partial charge >= 0.3 is 0 Å². The topological polar surface area (TPSA) is 60.1 Å². The number of carbonyl (C=O) groups excluding carboxylic acids is 1. The van der Waals surface area contributed by atoms with Crippen molar-refractivity contribution >= 4 is 5.91 Å². The van der Waals surface area contributed by atoms with Crippen LogP contribution in [0, 0.1) is 0 Å². The summed E-state index contributed by atoms with van der Waals surface area (Å²) in [6.07, 6.45) is 3.59. The molecule has 0 radical (unpaired) electrons. The maximum atomic E-state index is 10.2. The Morgan fingerprint density at radius 1 is 1.50 bits per heavy atom. The number of hydrogen-bond acceptors (Lipinski definition) is 2. The van der Waals surface area contributed by atoms with Crippen molar-refractivity contribution in [3.63, 3.8) is 0 Å². The number of carbonyl (C=O) groups is 1. The molecule has 3 N–H and O–H groups in total. The molecule has 1 amide bonds. The highest BCUT2D eigenvalue weighted by atomic mass is 16.1. The van der Waals surface area contributed by atoms with E-state index >= 15 is 0 Å². The van der Waals surface area contributed by atoms with E-state index in [-0.39, 0.29) is 12.5 Å². The molecule has 0 atom stereocenters. The summed E-state index contributed by atoms with van der Waals surface area (Å²) in [5.41, 5.74) is 7.66. The molecule has 0 aliphatic heterocycles. The van der Waals surface area contributed by atoms with Crippen molar-refractivity contribution in [2.75, 3.05) is 12.0 Å². The van der Waals surface area contributed by atoms with Crippen LogP contribution in [0.15, 0.2) is 24.5 Å². The van der Waals surface area contributed by atoms with Gasteiger partial charge in [-0.25, -0.2) is 0 Å². The zero-order valence-corrected chi connectivity index (χ0v) is 5.45. The van der Waals surface area contributed by atoms with E-state index < -0.39 is 0 Å². The molecular weight excluding hydrogens is 130 g/mol. The number of rotatable bonds is 3. The first-order valence-corrected chi connectivity index (χ1v) is 2.94. The van der Waals surface area contributed by atoms with Crippen molar-refractivity contribution in [1.82, 2.24) is 4.68 Å². The Bertz CT molecular complexity index is 205. The fraction of sp³-hybridized carbons (Fsp3) is 0.167. The van der Waals surface area contributed by atoms with Gasteiger partial charge in [-0.3, -0.25) is 9.47 Å². The van der Waals surface area contributed by atoms with E-state index in [4.69, 9.17) is 5.73 Å². The van der Waals surface area contributed by atoms with Crippen LogP contribution in [0.25, 0.3) is 0 Å². The number of nitrogens with zero attached hydrogens (tertiary/aromatic N) is 1. The quantitative estimate of drug-likeness (QED) is 0.594. The van der Waals surface area contributed by atoms with Gasteiger partial charge in [0.25, 0.3) is 0 Å². The largest absolute Gasteiger partial charge is 0.368 e. The number of nitrogens with two attached hydrogens (primary N) is 1. The number of aromatic nitrogens is 1. The summed E-state index contributed by atoms with van der Waals surface area (Å²) in [5, 5.41) is 0. The maximum Gasteiger partial charge on any atom is 0.238 e. The predicted molar refractivity (Wildman–Crippen MR) is 37.9 cm³/mol. The van der Waals surface area contributed by atoms with E-state index in [0.29, 0.717) is 0 Å². The first-order chi connectivity index (χ1) is 4.79. The molecule has 0 unspecified atom stereocenters. The monoisotopic (exact) mass is 139 g/mol. The van der Waals surface area contributed by atoms with Crippen LogP contribution >= 0.6 is 0 Å². The van der Waals surface area contributed by atoms with Gasteiger partial charge in [0.05, 0.1) is 0 Å². The molecule has 10 heavy (non-hydrogen) atoms. The maximum absolute atomic E-state index is 10.2. The van der Waals surface area contributed by atoms with Gasteiger partial charge in [-0.05, 0) is 12.1 Å². The second kappa shape index (κ2) is 2.91. The molecule has 0 aliphatic carbocycles. The molecule has 4 nitrogen and oxygen atoms in total. The zero-order chi connectivity index (χ0) is 7.40. The molecule has 0 fully saturated rings. The van der Waals surface area contributed by atoms with E-state index in [0.717, 1.165) is 0 Å². The van der Waals surface area contributed by atoms with Gasteiger partial charge < -0.3 is 11.2 Å². The van der Waals surface area contributed by atoms with E-state index in [9.17, 15) is 4.79 Å². The number of amides is 1. The normalized spacial score (nSPS) is 9.20. The molecular formula is C6H9N3O. The van der Waals surface area contributed by atoms with Crippen LogP contribution in [0.1, 0.15) is 0 Å². The lowest BCUT2D eigenvalue weighted by atomic mass is 10.6. The molecule has 0 bridgehead atoms. The van der Waals surface area contributed by atoms with Crippen molar-refractivity contribution in [2.45, 2.75) is 0 Å². The van der Waals surface area contributed by atoms with Crippen LogP contribution in [-0.2, 0) is 4.79 Å². The third-order valence-corrected chi connectivity index (χ3v) is 1.04. The van der Waals surface area contributed by atoms with Crippen LogP contribution < -0.4 is 11.2 Å². The number of hydrogen-bond donors (Lipinski definition) is 2. The second-order valence-electron chi connectivity index (χ2n) is 1.89. The first kappa shape index (κ1) is 6.67. The van der Waals surface area contributed by atoms with E-state index in [1.165, 1.54) is 0 Å². The van der Waals surface area contributed by atoms with Gasteiger partial charge in [0, 0.05) is 12.4 Å². The summed E-state index contributed by atoms with van der Waals surface area (Å²) >= 11 is 0. The van der Waals surface area contributed by atoms with Gasteiger partial charge in [0.15, 0.2) is 0 Å². The van der Waals surface area contributed by atoms with Crippen LogP contribution in [0.5, 0.6) is 0 Å². The minimum absolute atomic E-state index is 0.161. The van der Waals surface area contributed by atoms with Crippen molar-refractivity contribution in [2.24, 2.45) is 5.73 Å². The van der Waals surface area contributed by atoms with E-state index in [1.54, 1.807) is 17.1 Å². The Labute approximate surface area is 58.6 Å². The molecule has 1 heterocycles. The van der Waals surface area contributed by atoms with Gasteiger partial charge in [-0.2, -0.15) is 0 Å². The van der Waals surface area contributed by atoms with Gasteiger partial charge in [-0.15, -0.1) is 0 Å². The Hall–Kier alpha value is -1.45. The third-order valence-electron chi connectivity index (χ3n) is 1.04. The Balaban J connectivity index is 2.35. The third kappa shape index (κ3) is 1.81. The Kier molecular flexibility index (Phi) is 1.94. The van der Waals surface area contributed by atoms with Gasteiger partial charge in [0.1, 0.15) is 6.54 Å². The molecule has 1 aromatic rings. The summed E-state index contributed by atoms with van der Waals surface area (Å²) in [4.78, 5) is 10.2. The molecule has 0 spiro atoms. The van der Waals surface area contributed by atoms with Crippen LogP contribution in [-0.4, -0.2) is 17.1 Å². The average molecular weight is 139 g/mol. The fourth-order valence-corrected chi connectivity index (χ4v) is 0.609. The van der Waals surface area contributed by atoms with Gasteiger partial charge in [0.2, 0.25) is 5.91 Å². The van der Waals surface area contributed by atoms with Gasteiger partial charge in [-0.1, -0.05) is 0 Å². The van der Waals surface area contributed by atoms with Crippen molar-refractivity contribution in [3.05, 3.63) is 24.5 Å². The minimum Gasteiger partial charge on any atom is -0.368 e. The molecule has 0 saturated heterocycles. The van der Waals surface area contributed by atoms with Crippen LogP contribution in [0.3, 0.4) is 0 Å². The Morgan fingerprint density at radius 3 is 2.60 bits per heavy atom. The summed E-state index contributed by atoms with van der Waals surface area (Å²) in [6, 6.07) is 3.71. The van der Waals surface area contributed by atoms with Crippen molar-refractivity contribution < 1.29 is 4.79 Å². The Morgan fingerprint density at radius 2 is 2.10 bits per heavy atom. The zero-order valence-electron chi connectivity index (χ0n) is 5.45. The lowest BCUT2D eigenvalue weighted by molar-refractivity contribution is -0.116.